The first-order chi connectivity index (χ1) is 22.3. The van der Waals surface area contributed by atoms with Crippen LogP contribution in [0.25, 0.3) is 0 Å². The average Bonchev–Trinajstić information content (AvgIpc) is 3.52. The summed E-state index contributed by atoms with van der Waals surface area (Å²) in [6, 6.07) is 39.2. The monoisotopic (exact) mass is 613 g/mol. The summed E-state index contributed by atoms with van der Waals surface area (Å²) in [5.41, 5.74) is 5.66. The number of para-hydroxylation sites is 1. The van der Waals surface area contributed by atoms with Crippen LogP contribution in [0.1, 0.15) is 93.0 Å². The van der Waals surface area contributed by atoms with E-state index in [9.17, 15) is 4.79 Å². The molecule has 5 heteroatoms. The average molecular weight is 614 g/mol. The number of nitrogens with zero attached hydrogens (tertiary/aromatic N) is 2. The van der Waals surface area contributed by atoms with Gasteiger partial charge in [-0.2, -0.15) is 0 Å². The fraction of sp³-hybridized carbons (Fsp3) is 0.350. The molecular formula is C40H44N3OP. The summed E-state index contributed by atoms with van der Waals surface area (Å²) in [6.45, 7) is 0. The predicted molar refractivity (Wildman–Crippen MR) is 189 cm³/mol. The molecule has 0 spiro atoms. The van der Waals surface area contributed by atoms with E-state index in [2.05, 4.69) is 84.2 Å². The van der Waals surface area contributed by atoms with Crippen molar-refractivity contribution in [2.24, 2.45) is 4.99 Å². The van der Waals surface area contributed by atoms with Crippen molar-refractivity contribution >= 4 is 30.8 Å². The van der Waals surface area contributed by atoms with Gasteiger partial charge in [-0.1, -0.05) is 150 Å². The maximum atomic E-state index is 14.6. The van der Waals surface area contributed by atoms with Gasteiger partial charge >= 0.3 is 6.03 Å². The molecule has 0 unspecified atom stereocenters. The zero-order chi connectivity index (χ0) is 30.4. The number of nitrogens with one attached hydrogen (secondary N) is 1. The number of aliphatic imine (C=N–C) groups is 1. The first-order valence-corrected chi connectivity index (χ1v) is 18.5. The zero-order valence-corrected chi connectivity index (χ0v) is 27.0. The molecule has 230 valence electrons. The van der Waals surface area contributed by atoms with Gasteiger partial charge in [0.25, 0.3) is 0 Å². The van der Waals surface area contributed by atoms with Crippen molar-refractivity contribution in [3.05, 3.63) is 132 Å². The molecule has 2 saturated carbocycles. The van der Waals surface area contributed by atoms with Crippen LogP contribution in [0.5, 0.6) is 0 Å². The Bertz CT molecular complexity index is 1560. The molecule has 4 nitrogen and oxygen atoms in total. The van der Waals surface area contributed by atoms with Gasteiger partial charge in [0.1, 0.15) is 11.9 Å². The third kappa shape index (κ3) is 6.49. The lowest BCUT2D eigenvalue weighted by Gasteiger charge is -2.40. The molecule has 0 bridgehead atoms. The minimum atomic E-state index is -0.392. The zero-order valence-electron chi connectivity index (χ0n) is 26.1. The van der Waals surface area contributed by atoms with E-state index >= 15 is 0 Å². The third-order valence-electron chi connectivity index (χ3n) is 9.95. The summed E-state index contributed by atoms with van der Waals surface area (Å²) < 4.78 is 0. The summed E-state index contributed by atoms with van der Waals surface area (Å²) in [5.74, 6) is 0.806. The number of hydrogen-bond donors (Lipinski definition) is 1. The first-order valence-electron chi connectivity index (χ1n) is 17.0. The molecule has 1 heterocycles. The molecule has 2 aliphatic carbocycles. The predicted octanol–water partition coefficient (Wildman–Crippen LogP) is 10.2. The van der Waals surface area contributed by atoms with Crippen LogP contribution in [0.4, 0.5) is 10.5 Å². The Balaban J connectivity index is 1.38. The highest BCUT2D eigenvalue weighted by Gasteiger charge is 2.44. The SMILES string of the molecule is O=C(Nc1ccccc1)N1C(c2ccccc2P(C2CCCCC2)C2CCCCC2)=N[C@H](c2ccccc2)[C@H]1c1ccccc1. The third-order valence-corrected chi connectivity index (χ3v) is 13.5. The minimum absolute atomic E-state index is 0.137. The van der Waals surface area contributed by atoms with E-state index in [1.807, 2.05) is 41.3 Å². The molecule has 4 aromatic carbocycles. The van der Waals surface area contributed by atoms with Crippen molar-refractivity contribution in [2.45, 2.75) is 87.6 Å². The lowest BCUT2D eigenvalue weighted by Crippen LogP contribution is -2.42. The highest BCUT2D eigenvalue weighted by molar-refractivity contribution is 7.67. The molecular weight excluding hydrogens is 569 g/mol. The molecule has 2 atom stereocenters. The molecule has 0 aromatic heterocycles. The number of benzene rings is 4. The summed E-state index contributed by atoms with van der Waals surface area (Å²) in [7, 11) is -0.392. The van der Waals surface area contributed by atoms with Crippen molar-refractivity contribution in [2.75, 3.05) is 5.32 Å². The fourth-order valence-corrected chi connectivity index (χ4v) is 11.8. The van der Waals surface area contributed by atoms with Crippen molar-refractivity contribution in [3.8, 4) is 0 Å². The second-order valence-corrected chi connectivity index (χ2v) is 15.6. The van der Waals surface area contributed by atoms with Gasteiger partial charge < -0.3 is 5.32 Å². The van der Waals surface area contributed by atoms with Crippen LogP contribution in [-0.4, -0.2) is 28.1 Å². The Morgan fingerprint density at radius 2 is 1.13 bits per heavy atom. The number of amidine groups is 1. The van der Waals surface area contributed by atoms with Gasteiger partial charge in [-0.05, 0) is 65.6 Å². The van der Waals surface area contributed by atoms with E-state index in [-0.39, 0.29) is 18.1 Å². The highest BCUT2D eigenvalue weighted by atomic mass is 31.1. The first kappa shape index (κ1) is 29.9. The maximum absolute atomic E-state index is 14.6. The molecule has 0 radical (unpaired) electrons. The molecule has 2 amide bonds. The van der Waals surface area contributed by atoms with Crippen molar-refractivity contribution in [1.82, 2.24) is 4.90 Å². The summed E-state index contributed by atoms with van der Waals surface area (Å²) in [5, 5.41) is 4.70. The second kappa shape index (κ2) is 14.1. The normalized spacial score (nSPS) is 21.1. The number of urea groups is 1. The quantitative estimate of drug-likeness (QED) is 0.207. The number of amides is 2. The summed E-state index contributed by atoms with van der Waals surface area (Å²) in [4.78, 5) is 22.1. The van der Waals surface area contributed by atoms with Gasteiger partial charge in [-0.3, -0.25) is 9.89 Å². The maximum Gasteiger partial charge on any atom is 0.328 e. The van der Waals surface area contributed by atoms with Crippen molar-refractivity contribution < 1.29 is 4.79 Å². The van der Waals surface area contributed by atoms with Gasteiger partial charge in [0.05, 0.1) is 6.04 Å². The van der Waals surface area contributed by atoms with E-state index in [0.717, 1.165) is 39.5 Å². The number of hydrogen-bond acceptors (Lipinski definition) is 2. The molecule has 4 aromatic rings. The van der Waals surface area contributed by atoms with Crippen molar-refractivity contribution in [3.63, 3.8) is 0 Å². The molecule has 45 heavy (non-hydrogen) atoms. The number of carbonyl (C=O) groups excluding carboxylic acids is 1. The number of carbonyl (C=O) groups is 1. The van der Waals surface area contributed by atoms with Gasteiger partial charge in [0, 0.05) is 11.3 Å². The lowest BCUT2D eigenvalue weighted by molar-refractivity contribution is 0.221. The Morgan fingerprint density at radius 3 is 1.73 bits per heavy atom. The van der Waals surface area contributed by atoms with Gasteiger partial charge in [0.15, 0.2) is 0 Å². The fourth-order valence-electron chi connectivity index (χ4n) is 7.85. The lowest BCUT2D eigenvalue weighted by atomic mass is 9.94. The molecule has 0 saturated heterocycles. The standard InChI is InChI=1S/C40H44N3OP/c44-40(41-32-22-10-3-11-23-32)43-38(31-20-8-2-9-21-31)37(30-18-6-1-7-19-30)42-39(43)35-28-16-17-29-36(35)45(33-24-12-4-13-25-33)34-26-14-5-15-27-34/h1-3,6-11,16-23,28-29,33-34,37-38H,4-5,12-15,24-27H2,(H,41,44)/t37-,38-/m1/s1. The van der Waals surface area contributed by atoms with Crippen LogP contribution in [0.3, 0.4) is 0 Å². The van der Waals surface area contributed by atoms with Gasteiger partial charge in [-0.15, -0.1) is 0 Å². The molecule has 2 fully saturated rings. The largest absolute Gasteiger partial charge is 0.328 e. The molecule has 7 rings (SSSR count). The molecule has 1 N–H and O–H groups in total. The van der Waals surface area contributed by atoms with Gasteiger partial charge in [-0.25, -0.2) is 4.79 Å². The van der Waals surface area contributed by atoms with Crippen LogP contribution < -0.4 is 10.6 Å². The minimum Gasteiger partial charge on any atom is -0.307 e. The van der Waals surface area contributed by atoms with E-state index < -0.39 is 7.92 Å². The van der Waals surface area contributed by atoms with E-state index in [0.29, 0.717) is 0 Å². The Kier molecular flexibility index (Phi) is 9.40. The van der Waals surface area contributed by atoms with Crippen LogP contribution in [-0.2, 0) is 0 Å². The van der Waals surface area contributed by atoms with Crippen LogP contribution in [0, 0.1) is 0 Å². The van der Waals surface area contributed by atoms with Crippen LogP contribution in [0.2, 0.25) is 0 Å². The van der Waals surface area contributed by atoms with Crippen LogP contribution in [0.15, 0.2) is 120 Å². The molecule has 1 aliphatic heterocycles. The van der Waals surface area contributed by atoms with Gasteiger partial charge in [0.2, 0.25) is 0 Å². The summed E-state index contributed by atoms with van der Waals surface area (Å²) >= 11 is 0. The number of anilines is 1. The van der Waals surface area contributed by atoms with E-state index in [4.69, 9.17) is 4.99 Å². The highest BCUT2D eigenvalue weighted by Crippen LogP contribution is 2.56. The topological polar surface area (TPSA) is 44.7 Å². The Morgan fingerprint density at radius 1 is 0.622 bits per heavy atom. The summed E-state index contributed by atoms with van der Waals surface area (Å²) in [6.07, 6.45) is 13.4. The smallest absolute Gasteiger partial charge is 0.307 e. The van der Waals surface area contributed by atoms with Crippen molar-refractivity contribution in [1.29, 1.82) is 0 Å². The van der Waals surface area contributed by atoms with Crippen LogP contribution >= 0.6 is 7.92 Å². The Labute approximate surface area is 269 Å². The Hall–Kier alpha value is -3.75. The number of rotatable bonds is 7. The molecule has 3 aliphatic rings. The van der Waals surface area contributed by atoms with E-state index in [1.54, 1.807) is 0 Å². The second-order valence-electron chi connectivity index (χ2n) is 12.8. The van der Waals surface area contributed by atoms with E-state index in [1.165, 1.54) is 69.5 Å².